The minimum atomic E-state index is -2.48. The summed E-state index contributed by atoms with van der Waals surface area (Å²) in [5.74, 6) is 6.78. The van der Waals surface area contributed by atoms with Crippen molar-refractivity contribution in [2.24, 2.45) is 5.84 Å². The minimum Gasteiger partial charge on any atom is -0.308 e. The van der Waals surface area contributed by atoms with Crippen molar-refractivity contribution in [3.8, 4) is 11.4 Å². The first-order chi connectivity index (χ1) is 9.93. The monoisotopic (exact) mass is 292 g/mol. The number of benzene rings is 1. The Balaban J connectivity index is 2.47. The average molecular weight is 292 g/mol. The highest BCUT2D eigenvalue weighted by molar-refractivity contribution is 5.60. The average Bonchev–Trinajstić information content (AvgIpc) is 2.45. The molecule has 21 heavy (non-hydrogen) atoms. The second-order valence-electron chi connectivity index (χ2n) is 5.12. The number of rotatable bonds is 4. The van der Waals surface area contributed by atoms with E-state index in [1.807, 2.05) is 20.8 Å². The zero-order valence-electron chi connectivity index (χ0n) is 12.2. The van der Waals surface area contributed by atoms with E-state index in [0.717, 1.165) is 11.3 Å². The van der Waals surface area contributed by atoms with Gasteiger partial charge in [-0.15, -0.1) is 0 Å². The molecule has 0 aliphatic carbocycles. The number of nitrogens with zero attached hydrogens (tertiary/aromatic N) is 2. The summed E-state index contributed by atoms with van der Waals surface area (Å²) in [6, 6.07) is 5.94. The fraction of sp³-hybridized carbons (Fsp3) is 0.333. The lowest BCUT2D eigenvalue weighted by molar-refractivity contribution is 0.151. The number of nitrogens with one attached hydrogen (secondary N) is 1. The number of hydrazine groups is 1. The molecule has 3 N–H and O–H groups in total. The zero-order chi connectivity index (χ0) is 15.6. The molecule has 0 amide bonds. The molecule has 0 saturated carbocycles. The van der Waals surface area contributed by atoms with Gasteiger partial charge in [-0.1, -0.05) is 38.1 Å². The summed E-state index contributed by atoms with van der Waals surface area (Å²) in [5, 5.41) is 0. The molecule has 1 aromatic carbocycles. The third-order valence-corrected chi connectivity index (χ3v) is 3.27. The maximum absolute atomic E-state index is 12.6. The quantitative estimate of drug-likeness (QED) is 0.664. The molecule has 6 heteroatoms. The third kappa shape index (κ3) is 3.16. The Hall–Kier alpha value is -2.08. The van der Waals surface area contributed by atoms with Crippen LogP contribution in [0.3, 0.4) is 0 Å². The summed E-state index contributed by atoms with van der Waals surface area (Å²) >= 11 is 0. The Morgan fingerprint density at radius 3 is 2.19 bits per heavy atom. The Labute approximate surface area is 122 Å². The number of anilines is 1. The minimum absolute atomic E-state index is 0.0218. The number of alkyl halides is 2. The number of halogens is 2. The second kappa shape index (κ2) is 6.13. The van der Waals surface area contributed by atoms with E-state index in [0.29, 0.717) is 17.2 Å². The summed E-state index contributed by atoms with van der Waals surface area (Å²) < 4.78 is 25.1. The Bertz CT molecular complexity index is 624. The van der Waals surface area contributed by atoms with Crippen molar-refractivity contribution in [3.63, 3.8) is 0 Å². The number of nitrogens with two attached hydrogens (primary N) is 1. The Morgan fingerprint density at radius 2 is 1.71 bits per heavy atom. The van der Waals surface area contributed by atoms with E-state index < -0.39 is 6.43 Å². The summed E-state index contributed by atoms with van der Waals surface area (Å²) in [7, 11) is 0. The molecule has 0 saturated heterocycles. The van der Waals surface area contributed by atoms with Crippen LogP contribution in [-0.4, -0.2) is 9.97 Å². The molecule has 0 aliphatic heterocycles. The Morgan fingerprint density at radius 1 is 1.10 bits per heavy atom. The van der Waals surface area contributed by atoms with Crippen molar-refractivity contribution >= 4 is 5.82 Å². The van der Waals surface area contributed by atoms with Crippen LogP contribution >= 0.6 is 0 Å². The summed E-state index contributed by atoms with van der Waals surface area (Å²) in [6.45, 7) is 5.95. The van der Waals surface area contributed by atoms with E-state index in [9.17, 15) is 8.78 Å². The van der Waals surface area contributed by atoms with Crippen LogP contribution in [0.2, 0.25) is 0 Å². The van der Waals surface area contributed by atoms with Gasteiger partial charge in [0.2, 0.25) is 0 Å². The van der Waals surface area contributed by atoms with Crippen molar-refractivity contribution in [1.29, 1.82) is 0 Å². The van der Waals surface area contributed by atoms with E-state index in [2.05, 4.69) is 15.4 Å². The van der Waals surface area contributed by atoms with Crippen LogP contribution in [0.5, 0.6) is 0 Å². The van der Waals surface area contributed by atoms with Crippen LogP contribution in [0.15, 0.2) is 24.3 Å². The number of aromatic nitrogens is 2. The predicted molar refractivity (Wildman–Crippen MR) is 79.1 cm³/mol. The van der Waals surface area contributed by atoms with Gasteiger partial charge in [0.1, 0.15) is 5.82 Å². The highest BCUT2D eigenvalue weighted by atomic mass is 19.3. The second-order valence-corrected chi connectivity index (χ2v) is 5.12. The maximum atomic E-state index is 12.6. The van der Waals surface area contributed by atoms with Crippen LogP contribution in [0.25, 0.3) is 11.4 Å². The van der Waals surface area contributed by atoms with E-state index in [1.54, 1.807) is 12.1 Å². The smallest absolute Gasteiger partial charge is 0.263 e. The molecule has 2 aromatic rings. The molecular formula is C15H18F2N4. The van der Waals surface area contributed by atoms with Gasteiger partial charge in [-0.25, -0.2) is 24.6 Å². The lowest BCUT2D eigenvalue weighted by Crippen LogP contribution is -2.14. The van der Waals surface area contributed by atoms with Gasteiger partial charge in [-0.3, -0.25) is 0 Å². The molecule has 0 atom stereocenters. The van der Waals surface area contributed by atoms with Gasteiger partial charge in [-0.2, -0.15) is 0 Å². The van der Waals surface area contributed by atoms with Crippen molar-refractivity contribution < 1.29 is 8.78 Å². The fourth-order valence-corrected chi connectivity index (χ4v) is 2.29. The van der Waals surface area contributed by atoms with Crippen LogP contribution in [0.4, 0.5) is 14.6 Å². The van der Waals surface area contributed by atoms with Crippen molar-refractivity contribution in [1.82, 2.24) is 9.97 Å². The molecule has 1 aromatic heterocycles. The number of hydrogen-bond donors (Lipinski definition) is 2. The molecule has 0 fully saturated rings. The van der Waals surface area contributed by atoms with Crippen molar-refractivity contribution in [2.45, 2.75) is 33.1 Å². The molecule has 4 nitrogen and oxygen atoms in total. The standard InChI is InChI=1S/C15H18F2N4/c1-8(2)12-9(3)19-14(20-15(12)21-18)11-6-4-10(5-7-11)13(16)17/h4-8,13H,18H2,1-3H3,(H,19,20,21). The summed E-state index contributed by atoms with van der Waals surface area (Å²) in [6.07, 6.45) is -2.48. The lowest BCUT2D eigenvalue weighted by atomic mass is 10.0. The first-order valence-corrected chi connectivity index (χ1v) is 6.67. The topological polar surface area (TPSA) is 63.8 Å². The molecule has 1 heterocycles. The van der Waals surface area contributed by atoms with Gasteiger partial charge in [0.25, 0.3) is 6.43 Å². The van der Waals surface area contributed by atoms with Gasteiger partial charge in [-0.05, 0) is 12.8 Å². The lowest BCUT2D eigenvalue weighted by Gasteiger charge is -2.15. The molecule has 2 rings (SSSR count). The first-order valence-electron chi connectivity index (χ1n) is 6.67. The van der Waals surface area contributed by atoms with E-state index in [1.165, 1.54) is 12.1 Å². The van der Waals surface area contributed by atoms with Crippen molar-refractivity contribution in [3.05, 3.63) is 41.1 Å². The van der Waals surface area contributed by atoms with E-state index in [-0.39, 0.29) is 11.5 Å². The molecule has 112 valence electrons. The van der Waals surface area contributed by atoms with Gasteiger partial charge < -0.3 is 5.43 Å². The SMILES string of the molecule is Cc1nc(-c2ccc(C(F)F)cc2)nc(NN)c1C(C)C. The van der Waals surface area contributed by atoms with Crippen molar-refractivity contribution in [2.75, 3.05) is 5.43 Å². The van der Waals surface area contributed by atoms with Gasteiger partial charge in [0.15, 0.2) is 5.82 Å². The molecule has 0 unspecified atom stereocenters. The first kappa shape index (κ1) is 15.3. The zero-order valence-corrected chi connectivity index (χ0v) is 12.2. The normalized spacial score (nSPS) is 11.2. The van der Waals surface area contributed by atoms with Crippen LogP contribution in [-0.2, 0) is 0 Å². The number of nitrogen functional groups attached to an aromatic ring is 1. The number of hydrogen-bond acceptors (Lipinski definition) is 4. The highest BCUT2D eigenvalue weighted by Crippen LogP contribution is 2.28. The predicted octanol–water partition coefficient (Wildman–Crippen LogP) is 3.80. The van der Waals surface area contributed by atoms with E-state index >= 15 is 0 Å². The van der Waals surface area contributed by atoms with Crippen LogP contribution < -0.4 is 11.3 Å². The maximum Gasteiger partial charge on any atom is 0.263 e. The Kier molecular flexibility index (Phi) is 4.47. The fourth-order valence-electron chi connectivity index (χ4n) is 2.29. The molecule has 0 bridgehead atoms. The number of aryl methyl sites for hydroxylation is 1. The van der Waals surface area contributed by atoms with Crippen LogP contribution in [0, 0.1) is 6.92 Å². The van der Waals surface area contributed by atoms with Crippen LogP contribution in [0.1, 0.15) is 43.0 Å². The molecular weight excluding hydrogens is 274 g/mol. The summed E-state index contributed by atoms with van der Waals surface area (Å²) in [5.41, 5.74) is 5.01. The molecule has 0 radical (unpaired) electrons. The van der Waals surface area contributed by atoms with E-state index in [4.69, 9.17) is 5.84 Å². The van der Waals surface area contributed by atoms with Gasteiger partial charge in [0, 0.05) is 22.4 Å². The van der Waals surface area contributed by atoms with Gasteiger partial charge in [0.05, 0.1) is 0 Å². The largest absolute Gasteiger partial charge is 0.308 e. The molecule has 0 aliphatic rings. The molecule has 0 spiro atoms. The summed E-state index contributed by atoms with van der Waals surface area (Å²) in [4.78, 5) is 8.84. The van der Waals surface area contributed by atoms with Gasteiger partial charge >= 0.3 is 0 Å². The highest BCUT2D eigenvalue weighted by Gasteiger charge is 2.15. The third-order valence-electron chi connectivity index (χ3n) is 3.27.